The lowest BCUT2D eigenvalue weighted by atomic mass is 9.93. The molecule has 0 unspecified atom stereocenters. The quantitative estimate of drug-likeness (QED) is 0.0812. The number of carbonyl (C=O) groups is 1. The number of halogens is 1. The number of ether oxygens (including phenoxy) is 1. The second-order valence-corrected chi connectivity index (χ2v) is 12.2. The molecule has 1 atom stereocenters. The Kier molecular flexibility index (Phi) is 8.57. The number of esters is 1. The third kappa shape index (κ3) is 5.89. The number of aromatic nitrogens is 1. The second-order valence-electron chi connectivity index (χ2n) is 9.83. The molecule has 0 fully saturated rings. The first-order chi connectivity index (χ1) is 21.8. The van der Waals surface area contributed by atoms with Gasteiger partial charge in [-0.2, -0.15) is 0 Å². The van der Waals surface area contributed by atoms with Crippen molar-refractivity contribution in [3.63, 3.8) is 0 Å². The van der Waals surface area contributed by atoms with E-state index < -0.39 is 16.9 Å². The number of hydrogen-bond donors (Lipinski definition) is 0. The summed E-state index contributed by atoms with van der Waals surface area (Å²) in [6.07, 6.45) is 3.54. The molecule has 9 nitrogen and oxygen atoms in total. The van der Waals surface area contributed by atoms with Crippen LogP contribution >= 0.6 is 34.7 Å². The van der Waals surface area contributed by atoms with Crippen LogP contribution in [0.25, 0.3) is 23.1 Å². The minimum absolute atomic E-state index is 0.152. The lowest BCUT2D eigenvalue weighted by molar-refractivity contribution is -0.384. The summed E-state index contributed by atoms with van der Waals surface area (Å²) in [6, 6.07) is 23.7. The van der Waals surface area contributed by atoms with Gasteiger partial charge in [-0.25, -0.2) is 9.79 Å². The van der Waals surface area contributed by atoms with Crippen LogP contribution in [0.5, 0.6) is 0 Å². The van der Waals surface area contributed by atoms with Crippen molar-refractivity contribution in [3.05, 3.63) is 142 Å². The van der Waals surface area contributed by atoms with E-state index in [1.807, 2.05) is 60.9 Å². The molecular weight excluding hydrogens is 634 g/mol. The largest absolute Gasteiger partial charge is 0.463 e. The summed E-state index contributed by atoms with van der Waals surface area (Å²) < 4.78 is 13.3. The lowest BCUT2D eigenvalue weighted by Crippen LogP contribution is -2.40. The van der Waals surface area contributed by atoms with Gasteiger partial charge < -0.3 is 9.15 Å². The van der Waals surface area contributed by atoms with E-state index in [2.05, 4.69) is 0 Å². The summed E-state index contributed by atoms with van der Waals surface area (Å²) in [6.45, 7) is 1.88. The van der Waals surface area contributed by atoms with Crippen molar-refractivity contribution in [3.8, 4) is 11.3 Å². The Bertz CT molecular complexity index is 2150. The first kappa shape index (κ1) is 30.3. The molecule has 0 amide bonds. The molecule has 0 spiro atoms. The van der Waals surface area contributed by atoms with Crippen LogP contribution in [-0.2, 0) is 9.53 Å². The predicted molar refractivity (Wildman–Crippen MR) is 175 cm³/mol. The maximum Gasteiger partial charge on any atom is 0.338 e. The second kappa shape index (κ2) is 12.7. The molecule has 226 valence electrons. The third-order valence-electron chi connectivity index (χ3n) is 7.13. The van der Waals surface area contributed by atoms with Gasteiger partial charge in [0.15, 0.2) is 4.80 Å². The van der Waals surface area contributed by atoms with Crippen LogP contribution in [0.15, 0.2) is 110 Å². The van der Waals surface area contributed by atoms with Crippen molar-refractivity contribution < 1.29 is 18.9 Å². The molecule has 0 saturated heterocycles. The van der Waals surface area contributed by atoms with E-state index in [1.54, 1.807) is 43.0 Å². The molecule has 3 heterocycles. The van der Waals surface area contributed by atoms with Crippen LogP contribution in [-0.4, -0.2) is 28.3 Å². The molecule has 2 aromatic heterocycles. The normalized spacial score (nSPS) is 14.6. The average Bonchev–Trinajstić information content (AvgIpc) is 3.64. The molecule has 0 N–H and O–H groups in total. The molecule has 0 radical (unpaired) electrons. The Morgan fingerprint density at radius 2 is 1.89 bits per heavy atom. The topological polar surface area (TPSA) is 117 Å². The van der Waals surface area contributed by atoms with Gasteiger partial charge in [0.25, 0.3) is 11.2 Å². The fourth-order valence-electron chi connectivity index (χ4n) is 5.11. The number of furan rings is 1. The molecule has 5 aromatic rings. The van der Waals surface area contributed by atoms with E-state index in [9.17, 15) is 19.7 Å². The molecule has 3 aromatic carbocycles. The first-order valence-corrected chi connectivity index (χ1v) is 16.2. The van der Waals surface area contributed by atoms with Gasteiger partial charge in [0.05, 0.1) is 38.9 Å². The number of thiazole rings is 1. The molecule has 12 heteroatoms. The number of nitrogens with zero attached hydrogens (tertiary/aromatic N) is 3. The molecule has 45 heavy (non-hydrogen) atoms. The van der Waals surface area contributed by atoms with Crippen molar-refractivity contribution in [2.75, 3.05) is 12.9 Å². The fraction of sp³-hybridized carbons (Fsp3) is 0.121. The highest BCUT2D eigenvalue weighted by atomic mass is 35.5. The van der Waals surface area contributed by atoms with Gasteiger partial charge in [-0.05, 0) is 55.1 Å². The number of nitro groups is 1. The molecule has 0 saturated carbocycles. The average molecular weight is 658 g/mol. The maximum atomic E-state index is 14.1. The fourth-order valence-corrected chi connectivity index (χ4v) is 6.67. The van der Waals surface area contributed by atoms with Crippen LogP contribution in [0.1, 0.15) is 29.9 Å². The summed E-state index contributed by atoms with van der Waals surface area (Å²) >= 11 is 8.72. The zero-order valence-corrected chi connectivity index (χ0v) is 26.3. The Hall–Kier alpha value is -4.71. The third-order valence-corrected chi connectivity index (χ3v) is 9.09. The number of benzene rings is 3. The van der Waals surface area contributed by atoms with E-state index in [0.29, 0.717) is 26.4 Å². The Labute approximate surface area is 269 Å². The zero-order valence-electron chi connectivity index (χ0n) is 23.9. The minimum Gasteiger partial charge on any atom is -0.463 e. The summed E-state index contributed by atoms with van der Waals surface area (Å²) in [5, 5.41) is 11.9. The van der Waals surface area contributed by atoms with E-state index in [-0.39, 0.29) is 39.8 Å². The van der Waals surface area contributed by atoms with Crippen LogP contribution in [0, 0.1) is 10.1 Å². The first-order valence-electron chi connectivity index (χ1n) is 13.8. The summed E-state index contributed by atoms with van der Waals surface area (Å²) in [5.41, 5.74) is 1.81. The summed E-state index contributed by atoms with van der Waals surface area (Å²) in [4.78, 5) is 45.1. The number of thioether (sulfide) groups is 1. The number of nitro benzene ring substituents is 1. The lowest BCUT2D eigenvalue weighted by Gasteiger charge is -2.26. The van der Waals surface area contributed by atoms with E-state index in [4.69, 9.17) is 25.7 Å². The molecule has 6 rings (SSSR count). The smallest absolute Gasteiger partial charge is 0.338 e. The van der Waals surface area contributed by atoms with Crippen LogP contribution in [0.4, 0.5) is 5.69 Å². The zero-order chi connectivity index (χ0) is 31.7. The van der Waals surface area contributed by atoms with Crippen LogP contribution < -0.4 is 14.9 Å². The monoisotopic (exact) mass is 657 g/mol. The number of fused-ring (bicyclic) bond motifs is 1. The summed E-state index contributed by atoms with van der Waals surface area (Å²) in [5.74, 6) is 0.00181. The minimum atomic E-state index is -0.808. The van der Waals surface area contributed by atoms with E-state index in [0.717, 1.165) is 21.8 Å². The number of rotatable bonds is 8. The number of hydrogen-bond acceptors (Lipinski definition) is 9. The van der Waals surface area contributed by atoms with Crippen molar-refractivity contribution >= 4 is 58.1 Å². The Morgan fingerprint density at radius 3 is 2.58 bits per heavy atom. The van der Waals surface area contributed by atoms with Crippen LogP contribution in [0.2, 0.25) is 5.02 Å². The molecule has 1 aliphatic rings. The SMILES string of the molecule is CCOC(=O)C1=C(c2ccccc2)N=c2s/c(=C\c3ccc(-c4ccc(Cl)cc4[N+](=O)[O-])o3)c(=O)n2[C@H]1c1ccc(SC)cc1. The number of carbonyl (C=O) groups excluding carboxylic acids is 1. The highest BCUT2D eigenvalue weighted by Crippen LogP contribution is 2.36. The van der Waals surface area contributed by atoms with Crippen molar-refractivity contribution in [1.29, 1.82) is 0 Å². The predicted octanol–water partition coefficient (Wildman–Crippen LogP) is 6.48. The van der Waals surface area contributed by atoms with Gasteiger partial charge in [-0.15, -0.1) is 11.8 Å². The molecule has 1 aliphatic heterocycles. The van der Waals surface area contributed by atoms with Gasteiger partial charge in [0.2, 0.25) is 0 Å². The molecule has 0 aliphatic carbocycles. The van der Waals surface area contributed by atoms with Gasteiger partial charge in [-0.1, -0.05) is 65.4 Å². The van der Waals surface area contributed by atoms with Crippen molar-refractivity contribution in [2.24, 2.45) is 4.99 Å². The van der Waals surface area contributed by atoms with Crippen molar-refractivity contribution in [2.45, 2.75) is 17.9 Å². The standard InChI is InChI=1S/C33H24ClN3O6S2/c1-3-42-32(39)28-29(19-7-5-4-6-8-19)35-33-36(30(28)20-9-13-23(44-2)14-10-20)31(38)27(45-33)18-22-12-16-26(43-22)24-15-11-21(34)17-25(24)37(40)41/h4-18,30H,3H2,1-2H3/b27-18-/t30-/m0/s1. The maximum absolute atomic E-state index is 14.1. The van der Waals surface area contributed by atoms with Crippen LogP contribution in [0.3, 0.4) is 0 Å². The van der Waals surface area contributed by atoms with E-state index >= 15 is 0 Å². The van der Waals surface area contributed by atoms with E-state index in [1.165, 1.54) is 16.7 Å². The molecular formula is C33H24ClN3O6S2. The highest BCUT2D eigenvalue weighted by Gasteiger charge is 2.35. The van der Waals surface area contributed by atoms with Gasteiger partial charge in [-0.3, -0.25) is 19.5 Å². The highest BCUT2D eigenvalue weighted by molar-refractivity contribution is 7.98. The van der Waals surface area contributed by atoms with Gasteiger partial charge in [0.1, 0.15) is 11.5 Å². The van der Waals surface area contributed by atoms with Gasteiger partial charge in [0, 0.05) is 27.6 Å². The van der Waals surface area contributed by atoms with Gasteiger partial charge >= 0.3 is 5.97 Å². The summed E-state index contributed by atoms with van der Waals surface area (Å²) in [7, 11) is 0. The molecule has 0 bridgehead atoms. The Balaban J connectivity index is 1.55. The van der Waals surface area contributed by atoms with Crippen molar-refractivity contribution in [1.82, 2.24) is 4.57 Å². The Morgan fingerprint density at radius 1 is 1.13 bits per heavy atom.